The lowest BCUT2D eigenvalue weighted by Crippen LogP contribution is -2.37. The summed E-state index contributed by atoms with van der Waals surface area (Å²) >= 11 is 0. The molecular formula is C18H20N2O6S. The van der Waals surface area contributed by atoms with Crippen LogP contribution in [0.25, 0.3) is 0 Å². The molecule has 0 saturated heterocycles. The Morgan fingerprint density at radius 3 is 2.33 bits per heavy atom. The highest BCUT2D eigenvalue weighted by molar-refractivity contribution is 7.92. The molecule has 27 heavy (non-hydrogen) atoms. The lowest BCUT2D eigenvalue weighted by Gasteiger charge is -2.25. The van der Waals surface area contributed by atoms with Crippen molar-refractivity contribution >= 4 is 27.4 Å². The molecule has 2 aromatic carbocycles. The Balaban J connectivity index is 2.55. The summed E-state index contributed by atoms with van der Waals surface area (Å²) in [5, 5.41) is 10.8. The number of carbonyl (C=O) groups is 1. The summed E-state index contributed by atoms with van der Waals surface area (Å²) in [6.07, 6.45) is 0. The van der Waals surface area contributed by atoms with Crippen LogP contribution in [0.1, 0.15) is 18.1 Å². The maximum atomic E-state index is 13.2. The quantitative estimate of drug-likeness (QED) is 0.407. The number of anilines is 1. The minimum Gasteiger partial charge on any atom is -0.465 e. The zero-order valence-corrected chi connectivity index (χ0v) is 16.0. The van der Waals surface area contributed by atoms with E-state index in [1.807, 2.05) is 13.0 Å². The average Bonchev–Trinajstić information content (AvgIpc) is 2.62. The van der Waals surface area contributed by atoms with E-state index in [9.17, 15) is 23.3 Å². The summed E-state index contributed by atoms with van der Waals surface area (Å²) < 4.78 is 32.2. The van der Waals surface area contributed by atoms with Crippen LogP contribution in [0.3, 0.4) is 0 Å². The largest absolute Gasteiger partial charge is 0.465 e. The Morgan fingerprint density at radius 2 is 1.78 bits per heavy atom. The highest BCUT2D eigenvalue weighted by Gasteiger charge is 2.29. The van der Waals surface area contributed by atoms with Crippen LogP contribution in [0, 0.1) is 24.0 Å². The van der Waals surface area contributed by atoms with Crippen molar-refractivity contribution in [3.8, 4) is 0 Å². The van der Waals surface area contributed by atoms with Crippen LogP contribution >= 0.6 is 0 Å². The van der Waals surface area contributed by atoms with Crippen molar-refractivity contribution in [2.24, 2.45) is 0 Å². The number of sulfonamides is 1. The molecule has 0 unspecified atom stereocenters. The van der Waals surface area contributed by atoms with Gasteiger partial charge in [0.05, 0.1) is 22.1 Å². The van der Waals surface area contributed by atoms with Crippen LogP contribution < -0.4 is 4.31 Å². The lowest BCUT2D eigenvalue weighted by molar-refractivity contribution is -0.384. The third-order valence-electron chi connectivity index (χ3n) is 4.06. The standard InChI is InChI=1S/C18H20N2O6S/c1-4-26-18(21)12-19(17-7-5-6-13(2)14(17)3)27(24,25)16-10-8-15(9-11-16)20(22)23/h5-11H,4,12H2,1-3H3. The molecule has 0 aliphatic rings. The monoisotopic (exact) mass is 392 g/mol. The second-order valence-corrected chi connectivity index (χ2v) is 7.65. The number of ether oxygens (including phenoxy) is 1. The van der Waals surface area contributed by atoms with Gasteiger partial charge in [-0.15, -0.1) is 0 Å². The summed E-state index contributed by atoms with van der Waals surface area (Å²) in [7, 11) is -4.14. The molecule has 2 rings (SSSR count). The molecule has 2 aromatic rings. The van der Waals surface area contributed by atoms with Gasteiger partial charge in [-0.05, 0) is 50.1 Å². The second-order valence-electron chi connectivity index (χ2n) is 5.79. The predicted molar refractivity (Wildman–Crippen MR) is 100 cm³/mol. The fourth-order valence-electron chi connectivity index (χ4n) is 2.50. The molecule has 0 fully saturated rings. The Bertz CT molecular complexity index is 954. The van der Waals surface area contributed by atoms with E-state index in [4.69, 9.17) is 4.74 Å². The number of aryl methyl sites for hydroxylation is 1. The smallest absolute Gasteiger partial charge is 0.326 e. The van der Waals surface area contributed by atoms with Crippen molar-refractivity contribution in [2.45, 2.75) is 25.7 Å². The van der Waals surface area contributed by atoms with E-state index in [1.54, 1.807) is 26.0 Å². The normalized spacial score (nSPS) is 11.1. The van der Waals surface area contributed by atoms with Crippen LogP contribution in [0.2, 0.25) is 0 Å². The molecule has 0 N–H and O–H groups in total. The van der Waals surface area contributed by atoms with Crippen LogP contribution in [0.15, 0.2) is 47.4 Å². The number of rotatable bonds is 7. The first-order valence-corrected chi connectivity index (χ1v) is 9.61. The number of benzene rings is 2. The van der Waals surface area contributed by atoms with Gasteiger partial charge in [0, 0.05) is 12.1 Å². The molecule has 0 amide bonds. The second kappa shape index (κ2) is 8.17. The van der Waals surface area contributed by atoms with Gasteiger partial charge in [-0.1, -0.05) is 12.1 Å². The molecule has 144 valence electrons. The number of nitro benzene ring substituents is 1. The van der Waals surface area contributed by atoms with Gasteiger partial charge in [-0.3, -0.25) is 19.2 Å². The maximum Gasteiger partial charge on any atom is 0.326 e. The number of carbonyl (C=O) groups excluding carboxylic acids is 1. The van der Waals surface area contributed by atoms with Crippen molar-refractivity contribution < 1.29 is 22.9 Å². The first-order chi connectivity index (χ1) is 12.7. The third-order valence-corrected chi connectivity index (χ3v) is 5.83. The Kier molecular flexibility index (Phi) is 6.17. The van der Waals surface area contributed by atoms with E-state index in [0.29, 0.717) is 11.3 Å². The molecule has 0 bridgehead atoms. The fraction of sp³-hybridized carbons (Fsp3) is 0.278. The topological polar surface area (TPSA) is 107 Å². The number of nitrogens with zero attached hydrogens (tertiary/aromatic N) is 2. The number of nitro groups is 1. The molecule has 0 atom stereocenters. The highest BCUT2D eigenvalue weighted by atomic mass is 32.2. The summed E-state index contributed by atoms with van der Waals surface area (Å²) in [5.41, 5.74) is 1.69. The van der Waals surface area contributed by atoms with Gasteiger partial charge in [0.15, 0.2) is 0 Å². The molecule has 0 saturated carbocycles. The van der Waals surface area contributed by atoms with E-state index in [1.165, 1.54) is 0 Å². The molecule has 0 aliphatic carbocycles. The van der Waals surface area contributed by atoms with Gasteiger partial charge in [0.25, 0.3) is 15.7 Å². The van der Waals surface area contributed by atoms with Gasteiger partial charge in [-0.2, -0.15) is 0 Å². The minimum atomic E-state index is -4.14. The van der Waals surface area contributed by atoms with Crippen molar-refractivity contribution in [3.63, 3.8) is 0 Å². The van der Waals surface area contributed by atoms with Gasteiger partial charge in [-0.25, -0.2) is 8.42 Å². The number of esters is 1. The van der Waals surface area contributed by atoms with Gasteiger partial charge in [0.2, 0.25) is 0 Å². The van der Waals surface area contributed by atoms with Crippen LogP contribution in [0.5, 0.6) is 0 Å². The first kappa shape index (κ1) is 20.4. The van der Waals surface area contributed by atoms with E-state index in [0.717, 1.165) is 34.1 Å². The van der Waals surface area contributed by atoms with Crippen LogP contribution in [-0.4, -0.2) is 32.5 Å². The van der Waals surface area contributed by atoms with E-state index >= 15 is 0 Å². The number of hydrogen-bond acceptors (Lipinski definition) is 6. The molecule has 0 heterocycles. The Labute approximate surface area is 157 Å². The number of hydrogen-bond donors (Lipinski definition) is 0. The summed E-state index contributed by atoms with van der Waals surface area (Å²) in [5.74, 6) is -0.691. The molecule has 9 heteroatoms. The summed E-state index contributed by atoms with van der Waals surface area (Å²) in [6, 6.07) is 9.65. The average molecular weight is 392 g/mol. The van der Waals surface area contributed by atoms with Crippen LogP contribution in [0.4, 0.5) is 11.4 Å². The molecule has 8 nitrogen and oxygen atoms in total. The molecule has 0 aromatic heterocycles. The van der Waals surface area contributed by atoms with E-state index in [-0.39, 0.29) is 17.2 Å². The van der Waals surface area contributed by atoms with Crippen molar-refractivity contribution in [3.05, 3.63) is 63.7 Å². The Morgan fingerprint density at radius 1 is 1.15 bits per heavy atom. The van der Waals surface area contributed by atoms with Gasteiger partial charge < -0.3 is 4.74 Å². The van der Waals surface area contributed by atoms with Gasteiger partial charge in [0.1, 0.15) is 6.54 Å². The Hall–Kier alpha value is -2.94. The third kappa shape index (κ3) is 4.43. The molecule has 0 aliphatic heterocycles. The fourth-order valence-corrected chi connectivity index (χ4v) is 3.96. The first-order valence-electron chi connectivity index (χ1n) is 8.17. The summed E-state index contributed by atoms with van der Waals surface area (Å²) in [4.78, 5) is 22.1. The zero-order chi connectivity index (χ0) is 20.2. The van der Waals surface area contributed by atoms with E-state index in [2.05, 4.69) is 0 Å². The molecule has 0 spiro atoms. The summed E-state index contributed by atoms with van der Waals surface area (Å²) in [6.45, 7) is 4.84. The van der Waals surface area contributed by atoms with Crippen LogP contribution in [-0.2, 0) is 19.6 Å². The van der Waals surface area contributed by atoms with Gasteiger partial charge >= 0.3 is 5.97 Å². The maximum absolute atomic E-state index is 13.2. The molecule has 0 radical (unpaired) electrons. The highest BCUT2D eigenvalue weighted by Crippen LogP contribution is 2.29. The zero-order valence-electron chi connectivity index (χ0n) is 15.2. The number of non-ortho nitro benzene ring substituents is 1. The lowest BCUT2D eigenvalue weighted by atomic mass is 10.1. The SMILES string of the molecule is CCOC(=O)CN(c1cccc(C)c1C)S(=O)(=O)c1ccc([N+](=O)[O-])cc1. The predicted octanol–water partition coefficient (Wildman–Crippen LogP) is 2.97. The van der Waals surface area contributed by atoms with Crippen molar-refractivity contribution in [2.75, 3.05) is 17.5 Å². The molecular weight excluding hydrogens is 372 g/mol. The van der Waals surface area contributed by atoms with Crippen molar-refractivity contribution in [1.82, 2.24) is 0 Å². The van der Waals surface area contributed by atoms with Crippen molar-refractivity contribution in [1.29, 1.82) is 0 Å². The van der Waals surface area contributed by atoms with E-state index < -0.39 is 27.5 Å². The minimum absolute atomic E-state index is 0.122.